The molecular formula is C13H21BrN2O. The van der Waals surface area contributed by atoms with Crippen LogP contribution < -0.4 is 11.3 Å². The van der Waals surface area contributed by atoms with Crippen molar-refractivity contribution in [3.8, 4) is 0 Å². The Morgan fingerprint density at radius 2 is 2.06 bits per heavy atom. The van der Waals surface area contributed by atoms with Gasteiger partial charge in [0.2, 0.25) is 0 Å². The number of hydrogen-bond donors (Lipinski definition) is 2. The summed E-state index contributed by atoms with van der Waals surface area (Å²) < 4.78 is 6.43. The highest BCUT2D eigenvalue weighted by atomic mass is 79.9. The summed E-state index contributed by atoms with van der Waals surface area (Å²) in [6, 6.07) is 8.68. The van der Waals surface area contributed by atoms with Gasteiger partial charge >= 0.3 is 0 Å². The van der Waals surface area contributed by atoms with Crippen LogP contribution in [0, 0.1) is 0 Å². The quantitative estimate of drug-likeness (QED) is 0.441. The number of rotatable bonds is 8. The maximum atomic E-state index is 5.57. The minimum absolute atomic E-state index is 0.316. The topological polar surface area (TPSA) is 47.3 Å². The van der Waals surface area contributed by atoms with E-state index in [-0.39, 0.29) is 0 Å². The Labute approximate surface area is 112 Å². The van der Waals surface area contributed by atoms with Crippen LogP contribution in [-0.4, -0.2) is 19.3 Å². The van der Waals surface area contributed by atoms with Gasteiger partial charge in [0, 0.05) is 23.7 Å². The van der Waals surface area contributed by atoms with Gasteiger partial charge in [-0.1, -0.05) is 28.1 Å². The molecule has 1 rings (SSSR count). The molecule has 1 aromatic carbocycles. The van der Waals surface area contributed by atoms with E-state index in [1.807, 2.05) is 6.92 Å². The zero-order valence-corrected chi connectivity index (χ0v) is 11.9. The monoisotopic (exact) mass is 300 g/mol. The molecule has 96 valence electrons. The Kier molecular flexibility index (Phi) is 7.44. The molecule has 0 amide bonds. The van der Waals surface area contributed by atoms with Gasteiger partial charge in [-0.3, -0.25) is 11.3 Å². The molecule has 0 spiro atoms. The Bertz CT molecular complexity index is 303. The van der Waals surface area contributed by atoms with E-state index in [4.69, 9.17) is 10.6 Å². The lowest BCUT2D eigenvalue weighted by Gasteiger charge is -2.15. The molecule has 1 unspecified atom stereocenters. The zero-order valence-electron chi connectivity index (χ0n) is 10.3. The third-order valence-electron chi connectivity index (χ3n) is 2.68. The van der Waals surface area contributed by atoms with Crippen molar-refractivity contribution < 1.29 is 4.74 Å². The van der Waals surface area contributed by atoms with E-state index in [2.05, 4.69) is 45.6 Å². The first kappa shape index (κ1) is 14.6. The number of benzene rings is 1. The molecule has 0 saturated carbocycles. The fourth-order valence-electron chi connectivity index (χ4n) is 1.73. The Morgan fingerprint density at radius 3 is 2.65 bits per heavy atom. The lowest BCUT2D eigenvalue weighted by molar-refractivity contribution is 0.140. The van der Waals surface area contributed by atoms with Crippen molar-refractivity contribution in [1.29, 1.82) is 0 Å². The molecule has 0 aliphatic heterocycles. The highest BCUT2D eigenvalue weighted by molar-refractivity contribution is 9.10. The van der Waals surface area contributed by atoms with Crippen LogP contribution in [0.3, 0.4) is 0 Å². The number of hydrogen-bond acceptors (Lipinski definition) is 3. The first-order valence-electron chi connectivity index (χ1n) is 6.04. The normalized spacial score (nSPS) is 12.6. The van der Waals surface area contributed by atoms with E-state index in [0.29, 0.717) is 6.04 Å². The average Bonchev–Trinajstić information content (AvgIpc) is 2.35. The van der Waals surface area contributed by atoms with Gasteiger partial charge in [-0.05, 0) is 43.9 Å². The molecule has 0 fully saturated rings. The van der Waals surface area contributed by atoms with E-state index in [1.54, 1.807) is 0 Å². The van der Waals surface area contributed by atoms with Gasteiger partial charge in [-0.2, -0.15) is 0 Å². The van der Waals surface area contributed by atoms with E-state index in [0.717, 1.165) is 36.9 Å². The first-order valence-corrected chi connectivity index (χ1v) is 6.84. The highest BCUT2D eigenvalue weighted by Gasteiger charge is 2.07. The van der Waals surface area contributed by atoms with Crippen LogP contribution in [0.25, 0.3) is 0 Å². The Morgan fingerprint density at radius 1 is 1.35 bits per heavy atom. The van der Waals surface area contributed by atoms with Gasteiger partial charge in [0.25, 0.3) is 0 Å². The molecule has 17 heavy (non-hydrogen) atoms. The summed E-state index contributed by atoms with van der Waals surface area (Å²) in [5.41, 5.74) is 4.17. The summed E-state index contributed by atoms with van der Waals surface area (Å²) in [6.45, 7) is 3.61. The number of nitrogens with two attached hydrogens (primary N) is 1. The van der Waals surface area contributed by atoms with Crippen LogP contribution in [0.15, 0.2) is 28.7 Å². The van der Waals surface area contributed by atoms with E-state index in [1.165, 1.54) is 5.56 Å². The van der Waals surface area contributed by atoms with E-state index < -0.39 is 0 Å². The number of nitrogens with one attached hydrogen (secondary N) is 1. The maximum Gasteiger partial charge on any atom is 0.0466 e. The van der Waals surface area contributed by atoms with Crippen molar-refractivity contribution in [3.63, 3.8) is 0 Å². The van der Waals surface area contributed by atoms with E-state index >= 15 is 0 Å². The lowest BCUT2D eigenvalue weighted by atomic mass is 10.0. The second-order valence-electron chi connectivity index (χ2n) is 4.03. The van der Waals surface area contributed by atoms with Crippen LogP contribution >= 0.6 is 15.9 Å². The van der Waals surface area contributed by atoms with Gasteiger partial charge in [-0.15, -0.1) is 0 Å². The van der Waals surface area contributed by atoms with Crippen LogP contribution in [0.2, 0.25) is 0 Å². The van der Waals surface area contributed by atoms with Crippen molar-refractivity contribution in [2.24, 2.45) is 5.84 Å². The second kappa shape index (κ2) is 8.64. The summed E-state index contributed by atoms with van der Waals surface area (Å²) >= 11 is 3.43. The van der Waals surface area contributed by atoms with Crippen LogP contribution in [0.5, 0.6) is 0 Å². The van der Waals surface area contributed by atoms with Gasteiger partial charge in [0.1, 0.15) is 0 Å². The summed E-state index contributed by atoms with van der Waals surface area (Å²) in [5.74, 6) is 5.57. The van der Waals surface area contributed by atoms with Gasteiger partial charge in [0.05, 0.1) is 0 Å². The number of halogens is 1. The fourth-order valence-corrected chi connectivity index (χ4v) is 1.99. The van der Waals surface area contributed by atoms with Crippen molar-refractivity contribution in [1.82, 2.24) is 5.43 Å². The molecule has 0 bridgehead atoms. The molecule has 3 nitrogen and oxygen atoms in total. The van der Waals surface area contributed by atoms with Crippen molar-refractivity contribution in [3.05, 3.63) is 34.3 Å². The molecule has 0 radical (unpaired) electrons. The second-order valence-corrected chi connectivity index (χ2v) is 4.95. The van der Waals surface area contributed by atoms with Crippen LogP contribution in [0.4, 0.5) is 0 Å². The molecular weight excluding hydrogens is 280 g/mol. The highest BCUT2D eigenvalue weighted by Crippen LogP contribution is 2.13. The van der Waals surface area contributed by atoms with Crippen molar-refractivity contribution in [2.75, 3.05) is 13.2 Å². The summed E-state index contributed by atoms with van der Waals surface area (Å²) in [4.78, 5) is 0. The van der Waals surface area contributed by atoms with Gasteiger partial charge in [0.15, 0.2) is 0 Å². The maximum absolute atomic E-state index is 5.57. The van der Waals surface area contributed by atoms with Gasteiger partial charge in [-0.25, -0.2) is 0 Å². The summed E-state index contributed by atoms with van der Waals surface area (Å²) in [5, 5.41) is 0. The van der Waals surface area contributed by atoms with Crippen molar-refractivity contribution >= 4 is 15.9 Å². The van der Waals surface area contributed by atoms with Crippen LogP contribution in [-0.2, 0) is 11.2 Å². The number of hydrazine groups is 1. The van der Waals surface area contributed by atoms with Gasteiger partial charge < -0.3 is 4.74 Å². The largest absolute Gasteiger partial charge is 0.382 e. The SMILES string of the molecule is CCOCCCC(Cc1ccc(Br)cc1)NN. The minimum Gasteiger partial charge on any atom is -0.382 e. The predicted octanol–water partition coefficient (Wildman–Crippen LogP) is 2.64. The fraction of sp³-hybridized carbons (Fsp3) is 0.538. The lowest BCUT2D eigenvalue weighted by Crippen LogP contribution is -2.36. The molecule has 0 aliphatic rings. The molecule has 3 N–H and O–H groups in total. The molecule has 0 aliphatic carbocycles. The summed E-state index contributed by atoms with van der Waals surface area (Å²) in [7, 11) is 0. The molecule has 4 heteroatoms. The molecule has 0 aromatic heterocycles. The molecule has 0 saturated heterocycles. The van der Waals surface area contributed by atoms with Crippen molar-refractivity contribution in [2.45, 2.75) is 32.2 Å². The molecule has 1 atom stereocenters. The predicted molar refractivity (Wildman–Crippen MR) is 74.7 cm³/mol. The summed E-state index contributed by atoms with van der Waals surface area (Å²) in [6.07, 6.45) is 3.03. The van der Waals surface area contributed by atoms with E-state index in [9.17, 15) is 0 Å². The number of ether oxygens (including phenoxy) is 1. The zero-order chi connectivity index (χ0) is 12.5. The van der Waals surface area contributed by atoms with Crippen LogP contribution in [0.1, 0.15) is 25.3 Å². The molecule has 0 heterocycles. The Hall–Kier alpha value is -0.420. The molecule has 1 aromatic rings. The first-order chi connectivity index (χ1) is 8.26. The minimum atomic E-state index is 0.316. The standard InChI is InChI=1S/C13H21BrN2O/c1-2-17-9-3-4-13(16-15)10-11-5-7-12(14)8-6-11/h5-8,13,16H,2-4,9-10,15H2,1H3. The Balaban J connectivity index is 2.33. The average molecular weight is 301 g/mol. The smallest absolute Gasteiger partial charge is 0.0466 e. The third kappa shape index (κ3) is 6.17. The third-order valence-corrected chi connectivity index (χ3v) is 3.21.